The van der Waals surface area contributed by atoms with Crippen LogP contribution >= 0.6 is 0 Å². The normalized spacial score (nSPS) is 20.6. The van der Waals surface area contributed by atoms with Crippen molar-refractivity contribution in [2.45, 2.75) is 32.7 Å². The summed E-state index contributed by atoms with van der Waals surface area (Å²) in [6, 6.07) is 7.06. The lowest BCUT2D eigenvalue weighted by Crippen LogP contribution is -2.30. The lowest BCUT2D eigenvalue weighted by Gasteiger charge is -2.25. The van der Waals surface area contributed by atoms with E-state index in [2.05, 4.69) is 42.3 Å². The van der Waals surface area contributed by atoms with Gasteiger partial charge < -0.3 is 15.0 Å². The van der Waals surface area contributed by atoms with E-state index in [1.165, 1.54) is 24.1 Å². The van der Waals surface area contributed by atoms with Gasteiger partial charge in [-0.25, -0.2) is 0 Å². The van der Waals surface area contributed by atoms with Gasteiger partial charge in [0.05, 0.1) is 12.8 Å². The molecule has 18 heavy (non-hydrogen) atoms. The highest BCUT2D eigenvalue weighted by Crippen LogP contribution is 2.29. The second-order valence-electron chi connectivity index (χ2n) is 5.01. The van der Waals surface area contributed by atoms with Crippen molar-refractivity contribution in [3.05, 3.63) is 23.8 Å². The van der Waals surface area contributed by atoms with Crippen LogP contribution in [-0.2, 0) is 0 Å². The maximum atomic E-state index is 5.49. The van der Waals surface area contributed by atoms with E-state index in [0.29, 0.717) is 6.04 Å². The SMILES string of the molecule is CCC1CCN(c2cc(C)ccc2OC)CCN1. The van der Waals surface area contributed by atoms with Crippen molar-refractivity contribution in [2.75, 3.05) is 31.6 Å². The van der Waals surface area contributed by atoms with Crippen LogP contribution in [0.25, 0.3) is 0 Å². The summed E-state index contributed by atoms with van der Waals surface area (Å²) in [6.45, 7) is 7.59. The van der Waals surface area contributed by atoms with Gasteiger partial charge in [0.25, 0.3) is 0 Å². The van der Waals surface area contributed by atoms with E-state index >= 15 is 0 Å². The number of methoxy groups -OCH3 is 1. The van der Waals surface area contributed by atoms with E-state index < -0.39 is 0 Å². The summed E-state index contributed by atoms with van der Waals surface area (Å²) in [5.74, 6) is 0.982. The molecule has 1 heterocycles. The van der Waals surface area contributed by atoms with Crippen molar-refractivity contribution in [3.63, 3.8) is 0 Å². The molecule has 0 aromatic heterocycles. The van der Waals surface area contributed by atoms with Gasteiger partial charge >= 0.3 is 0 Å². The molecule has 1 saturated heterocycles. The Morgan fingerprint density at radius 1 is 1.39 bits per heavy atom. The molecule has 100 valence electrons. The molecule has 3 nitrogen and oxygen atoms in total. The van der Waals surface area contributed by atoms with Crippen molar-refractivity contribution in [2.24, 2.45) is 0 Å². The molecule has 1 fully saturated rings. The van der Waals surface area contributed by atoms with Gasteiger partial charge in [-0.3, -0.25) is 0 Å². The van der Waals surface area contributed by atoms with E-state index in [4.69, 9.17) is 4.74 Å². The van der Waals surface area contributed by atoms with Crippen molar-refractivity contribution in [1.82, 2.24) is 5.32 Å². The summed E-state index contributed by atoms with van der Waals surface area (Å²) in [7, 11) is 1.75. The summed E-state index contributed by atoms with van der Waals surface area (Å²) in [6.07, 6.45) is 2.41. The minimum Gasteiger partial charge on any atom is -0.495 e. The minimum atomic E-state index is 0.658. The van der Waals surface area contributed by atoms with Crippen LogP contribution in [0.3, 0.4) is 0 Å². The van der Waals surface area contributed by atoms with Gasteiger partial charge in [0, 0.05) is 25.7 Å². The highest BCUT2D eigenvalue weighted by atomic mass is 16.5. The van der Waals surface area contributed by atoms with Crippen LogP contribution < -0.4 is 15.0 Å². The number of nitrogens with zero attached hydrogens (tertiary/aromatic N) is 1. The molecule has 3 heteroatoms. The highest BCUT2D eigenvalue weighted by molar-refractivity contribution is 5.60. The summed E-state index contributed by atoms with van der Waals surface area (Å²) < 4.78 is 5.49. The Balaban J connectivity index is 2.17. The van der Waals surface area contributed by atoms with Gasteiger partial charge in [-0.2, -0.15) is 0 Å². The minimum absolute atomic E-state index is 0.658. The van der Waals surface area contributed by atoms with Gasteiger partial charge in [-0.05, 0) is 37.5 Å². The fourth-order valence-electron chi connectivity index (χ4n) is 2.57. The average molecular weight is 248 g/mol. The molecule has 0 amide bonds. The van der Waals surface area contributed by atoms with Crippen LogP contribution in [0, 0.1) is 6.92 Å². The van der Waals surface area contributed by atoms with Crippen LogP contribution in [-0.4, -0.2) is 32.8 Å². The summed E-state index contributed by atoms with van der Waals surface area (Å²) >= 11 is 0. The van der Waals surface area contributed by atoms with E-state index in [-0.39, 0.29) is 0 Å². The number of rotatable bonds is 3. The first-order chi connectivity index (χ1) is 8.74. The van der Waals surface area contributed by atoms with E-state index in [9.17, 15) is 0 Å². The standard InChI is InChI=1S/C15H24N2O/c1-4-13-7-9-17(10-8-16-13)14-11-12(2)5-6-15(14)18-3/h5-6,11,13,16H,4,7-10H2,1-3H3. The number of nitrogens with one attached hydrogen (secondary N) is 1. The predicted molar refractivity (Wildman–Crippen MR) is 76.6 cm³/mol. The molecule has 1 N–H and O–H groups in total. The predicted octanol–water partition coefficient (Wildman–Crippen LogP) is 2.58. The second-order valence-corrected chi connectivity index (χ2v) is 5.01. The van der Waals surface area contributed by atoms with Crippen LogP contribution in [0.15, 0.2) is 18.2 Å². The lowest BCUT2D eigenvalue weighted by molar-refractivity contribution is 0.414. The largest absolute Gasteiger partial charge is 0.495 e. The highest BCUT2D eigenvalue weighted by Gasteiger charge is 2.17. The molecule has 1 aliphatic rings. The number of ether oxygens (including phenoxy) is 1. The van der Waals surface area contributed by atoms with Crippen molar-refractivity contribution in [3.8, 4) is 5.75 Å². The number of hydrogen-bond acceptors (Lipinski definition) is 3. The molecule has 0 aliphatic carbocycles. The summed E-state index contributed by atoms with van der Waals surface area (Å²) in [4.78, 5) is 2.44. The maximum absolute atomic E-state index is 5.49. The van der Waals surface area contributed by atoms with Gasteiger partial charge in [-0.1, -0.05) is 13.0 Å². The molecule has 1 unspecified atom stereocenters. The van der Waals surface area contributed by atoms with Crippen LogP contribution in [0.4, 0.5) is 5.69 Å². The summed E-state index contributed by atoms with van der Waals surface area (Å²) in [5, 5.41) is 3.60. The second kappa shape index (κ2) is 6.10. The van der Waals surface area contributed by atoms with Crippen LogP contribution in [0.1, 0.15) is 25.3 Å². The fourth-order valence-corrected chi connectivity index (χ4v) is 2.57. The zero-order valence-electron chi connectivity index (χ0n) is 11.7. The Hall–Kier alpha value is -1.22. The fraction of sp³-hybridized carbons (Fsp3) is 0.600. The van der Waals surface area contributed by atoms with Crippen molar-refractivity contribution < 1.29 is 4.74 Å². The third-order valence-electron chi connectivity index (χ3n) is 3.73. The molecule has 0 spiro atoms. The number of benzene rings is 1. The molecule has 2 rings (SSSR count). The topological polar surface area (TPSA) is 24.5 Å². The molecular formula is C15H24N2O. The van der Waals surface area contributed by atoms with E-state index in [1.807, 2.05) is 0 Å². The molecule has 1 atom stereocenters. The smallest absolute Gasteiger partial charge is 0.142 e. The zero-order valence-corrected chi connectivity index (χ0v) is 11.7. The number of aryl methyl sites for hydroxylation is 1. The molecule has 0 radical (unpaired) electrons. The molecular weight excluding hydrogens is 224 g/mol. The first kappa shape index (κ1) is 13.2. The Morgan fingerprint density at radius 2 is 2.22 bits per heavy atom. The first-order valence-corrected chi connectivity index (χ1v) is 6.87. The maximum Gasteiger partial charge on any atom is 0.142 e. The monoisotopic (exact) mass is 248 g/mol. The van der Waals surface area contributed by atoms with Gasteiger partial charge in [0.15, 0.2) is 0 Å². The lowest BCUT2D eigenvalue weighted by atomic mass is 10.1. The van der Waals surface area contributed by atoms with Crippen LogP contribution in [0.5, 0.6) is 5.75 Å². The number of anilines is 1. The Bertz CT molecular complexity index is 392. The Kier molecular flexibility index (Phi) is 4.48. The Morgan fingerprint density at radius 3 is 2.94 bits per heavy atom. The third-order valence-corrected chi connectivity index (χ3v) is 3.73. The molecule has 0 saturated carbocycles. The van der Waals surface area contributed by atoms with Crippen molar-refractivity contribution >= 4 is 5.69 Å². The average Bonchev–Trinajstić information content (AvgIpc) is 2.63. The quantitative estimate of drug-likeness (QED) is 0.890. The molecule has 0 bridgehead atoms. The van der Waals surface area contributed by atoms with Gasteiger partial charge in [0.2, 0.25) is 0 Å². The molecule has 1 aliphatic heterocycles. The zero-order chi connectivity index (χ0) is 13.0. The summed E-state index contributed by atoms with van der Waals surface area (Å²) in [5.41, 5.74) is 2.52. The van der Waals surface area contributed by atoms with Gasteiger partial charge in [0.1, 0.15) is 5.75 Å². The Labute approximate surface area is 110 Å². The molecule has 1 aromatic rings. The van der Waals surface area contributed by atoms with Crippen LogP contribution in [0.2, 0.25) is 0 Å². The third kappa shape index (κ3) is 2.96. The van der Waals surface area contributed by atoms with Gasteiger partial charge in [-0.15, -0.1) is 0 Å². The first-order valence-electron chi connectivity index (χ1n) is 6.87. The van der Waals surface area contributed by atoms with E-state index in [0.717, 1.165) is 25.4 Å². The number of hydrogen-bond donors (Lipinski definition) is 1. The van der Waals surface area contributed by atoms with Crippen molar-refractivity contribution in [1.29, 1.82) is 0 Å². The van der Waals surface area contributed by atoms with E-state index in [1.54, 1.807) is 7.11 Å². The molecule has 1 aromatic carbocycles.